The van der Waals surface area contributed by atoms with Gasteiger partial charge in [-0.3, -0.25) is 0 Å². The molecule has 0 spiro atoms. The number of ether oxygens (including phenoxy) is 2. The van der Waals surface area contributed by atoms with Gasteiger partial charge >= 0.3 is 0 Å². The van der Waals surface area contributed by atoms with Crippen LogP contribution in [0.3, 0.4) is 0 Å². The maximum atomic E-state index is 5.67. The third-order valence-electron chi connectivity index (χ3n) is 3.74. The fourth-order valence-corrected chi connectivity index (χ4v) is 2.67. The average molecular weight is 364 g/mol. The Morgan fingerprint density at radius 1 is 0.741 bits per heavy atom. The van der Waals surface area contributed by atoms with Gasteiger partial charge in [0.05, 0.1) is 24.6 Å². The minimum absolute atomic E-state index is 0.600. The molecule has 6 nitrogen and oxygen atoms in total. The Balaban J connectivity index is 1.85. The van der Waals surface area contributed by atoms with Crippen molar-refractivity contribution in [3.63, 3.8) is 0 Å². The highest BCUT2D eigenvalue weighted by molar-refractivity contribution is 5.69. The maximum absolute atomic E-state index is 5.67. The highest BCUT2D eigenvalue weighted by Gasteiger charge is 2.08. The summed E-state index contributed by atoms with van der Waals surface area (Å²) >= 11 is 0. The molecule has 1 heterocycles. The van der Waals surface area contributed by atoms with Crippen LogP contribution in [0.1, 0.15) is 19.7 Å². The highest BCUT2D eigenvalue weighted by Crippen LogP contribution is 2.30. The van der Waals surface area contributed by atoms with Gasteiger partial charge in [0.25, 0.3) is 0 Å². The summed E-state index contributed by atoms with van der Waals surface area (Å²) < 4.78 is 11.3. The molecule has 6 heteroatoms. The van der Waals surface area contributed by atoms with Crippen LogP contribution >= 0.6 is 0 Å². The van der Waals surface area contributed by atoms with E-state index in [9.17, 15) is 0 Å². The average Bonchev–Trinajstić information content (AvgIpc) is 2.65. The summed E-state index contributed by atoms with van der Waals surface area (Å²) in [5.41, 5.74) is 1.72. The standard InChI is InChI=1S/C21H24N4O2/c1-4-26-18-12-8-6-10-16(18)24-20-14-21(23-15(3)22-20)25-17-11-7-9-13-19(17)27-5-2/h6-14H,4-5H2,1-3H3,(H2,22,23,24,25). The number of hydrogen-bond donors (Lipinski definition) is 2. The quantitative estimate of drug-likeness (QED) is 0.582. The van der Waals surface area contributed by atoms with E-state index in [1.165, 1.54) is 0 Å². The number of benzene rings is 2. The first kappa shape index (κ1) is 18.5. The van der Waals surface area contributed by atoms with Gasteiger partial charge < -0.3 is 20.1 Å². The molecule has 140 valence electrons. The van der Waals surface area contributed by atoms with Crippen molar-refractivity contribution in [2.75, 3.05) is 23.8 Å². The zero-order chi connectivity index (χ0) is 19.1. The van der Waals surface area contributed by atoms with E-state index >= 15 is 0 Å². The van der Waals surface area contributed by atoms with Gasteiger partial charge in [0.2, 0.25) is 0 Å². The van der Waals surface area contributed by atoms with Crippen molar-refractivity contribution in [3.8, 4) is 11.5 Å². The fraction of sp³-hybridized carbons (Fsp3) is 0.238. The monoisotopic (exact) mass is 364 g/mol. The van der Waals surface area contributed by atoms with Crippen LogP contribution in [0.5, 0.6) is 11.5 Å². The number of nitrogens with zero attached hydrogens (tertiary/aromatic N) is 2. The molecule has 0 saturated carbocycles. The molecule has 0 aliphatic carbocycles. The van der Waals surface area contributed by atoms with Crippen LogP contribution in [0, 0.1) is 6.92 Å². The summed E-state index contributed by atoms with van der Waals surface area (Å²) in [6.07, 6.45) is 0. The van der Waals surface area contributed by atoms with Crippen molar-refractivity contribution in [1.29, 1.82) is 0 Å². The lowest BCUT2D eigenvalue weighted by atomic mass is 10.3. The van der Waals surface area contributed by atoms with Gasteiger partial charge in [-0.15, -0.1) is 0 Å². The normalized spacial score (nSPS) is 10.3. The Bertz CT molecular complexity index is 829. The summed E-state index contributed by atoms with van der Waals surface area (Å²) in [5, 5.41) is 6.63. The summed E-state index contributed by atoms with van der Waals surface area (Å²) in [6, 6.07) is 17.4. The second-order valence-corrected chi connectivity index (χ2v) is 5.79. The fourth-order valence-electron chi connectivity index (χ4n) is 2.67. The van der Waals surface area contributed by atoms with Crippen molar-refractivity contribution >= 4 is 23.0 Å². The van der Waals surface area contributed by atoms with E-state index in [-0.39, 0.29) is 0 Å². The van der Waals surface area contributed by atoms with Gasteiger partial charge in [0.15, 0.2) is 0 Å². The lowest BCUT2D eigenvalue weighted by molar-refractivity contribution is 0.342. The van der Waals surface area contributed by atoms with Gasteiger partial charge in [0.1, 0.15) is 29.0 Å². The van der Waals surface area contributed by atoms with Gasteiger partial charge in [-0.05, 0) is 45.0 Å². The van der Waals surface area contributed by atoms with Crippen molar-refractivity contribution in [2.24, 2.45) is 0 Å². The minimum Gasteiger partial charge on any atom is -0.492 e. The first-order valence-electron chi connectivity index (χ1n) is 9.03. The molecule has 0 aliphatic rings. The van der Waals surface area contributed by atoms with Crippen molar-refractivity contribution in [1.82, 2.24) is 9.97 Å². The number of nitrogens with one attached hydrogen (secondary N) is 2. The van der Waals surface area contributed by atoms with Crippen LogP contribution in [-0.2, 0) is 0 Å². The van der Waals surface area contributed by atoms with E-state index < -0.39 is 0 Å². The van der Waals surface area contributed by atoms with Crippen LogP contribution in [0.25, 0.3) is 0 Å². The molecule has 0 unspecified atom stereocenters. The molecule has 0 saturated heterocycles. The van der Waals surface area contributed by atoms with E-state index in [4.69, 9.17) is 9.47 Å². The molecule has 0 fully saturated rings. The van der Waals surface area contributed by atoms with Crippen LogP contribution in [0.2, 0.25) is 0 Å². The third-order valence-corrected chi connectivity index (χ3v) is 3.74. The van der Waals surface area contributed by atoms with Crippen molar-refractivity contribution in [3.05, 3.63) is 60.4 Å². The molecule has 27 heavy (non-hydrogen) atoms. The number of hydrogen-bond acceptors (Lipinski definition) is 6. The molecule has 0 atom stereocenters. The summed E-state index contributed by atoms with van der Waals surface area (Å²) in [7, 11) is 0. The van der Waals surface area contributed by atoms with Crippen LogP contribution in [0.4, 0.5) is 23.0 Å². The van der Waals surface area contributed by atoms with Gasteiger partial charge in [-0.25, -0.2) is 9.97 Å². The molecule has 0 amide bonds. The maximum Gasteiger partial charge on any atom is 0.142 e. The Morgan fingerprint density at radius 2 is 1.19 bits per heavy atom. The number of para-hydroxylation sites is 4. The summed E-state index contributed by atoms with van der Waals surface area (Å²) in [5.74, 6) is 3.60. The Kier molecular flexibility index (Phi) is 6.10. The molecule has 0 bridgehead atoms. The lowest BCUT2D eigenvalue weighted by Crippen LogP contribution is -2.04. The van der Waals surface area contributed by atoms with Crippen molar-refractivity contribution in [2.45, 2.75) is 20.8 Å². The highest BCUT2D eigenvalue weighted by atomic mass is 16.5. The van der Waals surface area contributed by atoms with E-state index in [2.05, 4.69) is 20.6 Å². The Labute approximate surface area is 159 Å². The molecular formula is C21H24N4O2. The first-order valence-corrected chi connectivity index (χ1v) is 9.03. The van der Waals surface area contributed by atoms with Gasteiger partial charge in [-0.2, -0.15) is 0 Å². The van der Waals surface area contributed by atoms with Crippen LogP contribution in [0.15, 0.2) is 54.6 Å². The second kappa shape index (κ2) is 8.89. The molecule has 2 aromatic carbocycles. The van der Waals surface area contributed by atoms with Gasteiger partial charge in [0, 0.05) is 6.07 Å². The lowest BCUT2D eigenvalue weighted by Gasteiger charge is -2.14. The predicted molar refractivity (Wildman–Crippen MR) is 109 cm³/mol. The van der Waals surface area contributed by atoms with E-state index in [1.807, 2.05) is 75.4 Å². The first-order chi connectivity index (χ1) is 13.2. The zero-order valence-electron chi connectivity index (χ0n) is 15.8. The van der Waals surface area contributed by atoms with E-state index in [0.717, 1.165) is 22.9 Å². The number of aryl methyl sites for hydroxylation is 1. The van der Waals surface area contributed by atoms with Crippen molar-refractivity contribution < 1.29 is 9.47 Å². The molecule has 1 aromatic heterocycles. The molecule has 2 N–H and O–H groups in total. The number of anilines is 4. The third kappa shape index (κ3) is 4.88. The summed E-state index contributed by atoms with van der Waals surface area (Å²) in [6.45, 7) is 6.98. The topological polar surface area (TPSA) is 68.3 Å². The predicted octanol–water partition coefficient (Wildman–Crippen LogP) is 5.07. The molecule has 0 radical (unpaired) electrons. The molecule has 0 aliphatic heterocycles. The van der Waals surface area contributed by atoms with Gasteiger partial charge in [-0.1, -0.05) is 24.3 Å². The summed E-state index contributed by atoms with van der Waals surface area (Å²) in [4.78, 5) is 8.96. The Morgan fingerprint density at radius 3 is 1.63 bits per heavy atom. The van der Waals surface area contributed by atoms with E-state index in [1.54, 1.807) is 0 Å². The molecule has 3 rings (SSSR count). The largest absolute Gasteiger partial charge is 0.492 e. The molecule has 3 aromatic rings. The zero-order valence-corrected chi connectivity index (χ0v) is 15.8. The number of rotatable bonds is 8. The van der Waals surface area contributed by atoms with E-state index in [0.29, 0.717) is 30.7 Å². The smallest absolute Gasteiger partial charge is 0.142 e. The van der Waals surface area contributed by atoms with Crippen LogP contribution in [-0.4, -0.2) is 23.2 Å². The number of aromatic nitrogens is 2. The van der Waals surface area contributed by atoms with Crippen LogP contribution < -0.4 is 20.1 Å². The molecular weight excluding hydrogens is 340 g/mol. The second-order valence-electron chi connectivity index (χ2n) is 5.79. The SMILES string of the molecule is CCOc1ccccc1Nc1cc(Nc2ccccc2OCC)nc(C)n1. The minimum atomic E-state index is 0.600. The Hall–Kier alpha value is -3.28.